The first-order valence-corrected chi connectivity index (χ1v) is 8.74. The Morgan fingerprint density at radius 3 is 1.84 bits per heavy atom. The summed E-state index contributed by atoms with van der Waals surface area (Å²) < 4.78 is 49.3. The first kappa shape index (κ1) is 19.0. The lowest BCUT2D eigenvalue weighted by Gasteiger charge is -2.25. The van der Waals surface area contributed by atoms with Crippen LogP contribution >= 0.6 is 7.60 Å². The molecular formula is C13H27F2O3P. The number of alkyl halides is 2. The van der Waals surface area contributed by atoms with Crippen molar-refractivity contribution in [3.05, 3.63) is 0 Å². The predicted molar refractivity (Wildman–Crippen MR) is 73.8 cm³/mol. The van der Waals surface area contributed by atoms with Crippen molar-refractivity contribution in [3.8, 4) is 0 Å². The summed E-state index contributed by atoms with van der Waals surface area (Å²) in [5, 5.41) is 0. The maximum atomic E-state index is 13.9. The van der Waals surface area contributed by atoms with Crippen molar-refractivity contribution in [1.82, 2.24) is 0 Å². The van der Waals surface area contributed by atoms with Crippen LogP contribution in [0.25, 0.3) is 0 Å². The van der Waals surface area contributed by atoms with Crippen LogP contribution in [0.15, 0.2) is 0 Å². The molecule has 0 N–H and O–H groups in total. The van der Waals surface area contributed by atoms with Crippen LogP contribution in [0.1, 0.15) is 65.7 Å². The zero-order valence-electron chi connectivity index (χ0n) is 12.3. The van der Waals surface area contributed by atoms with Gasteiger partial charge in [0.05, 0.1) is 13.2 Å². The molecule has 0 heterocycles. The van der Waals surface area contributed by atoms with Gasteiger partial charge in [0, 0.05) is 6.42 Å². The van der Waals surface area contributed by atoms with Crippen molar-refractivity contribution in [2.45, 2.75) is 71.4 Å². The molecule has 0 aromatic carbocycles. The van der Waals surface area contributed by atoms with Crippen molar-refractivity contribution in [2.75, 3.05) is 13.2 Å². The molecule has 0 saturated carbocycles. The first-order chi connectivity index (χ1) is 8.93. The van der Waals surface area contributed by atoms with E-state index >= 15 is 0 Å². The van der Waals surface area contributed by atoms with Crippen LogP contribution in [0, 0.1) is 0 Å². The third-order valence-corrected chi connectivity index (χ3v) is 5.05. The number of halogens is 2. The van der Waals surface area contributed by atoms with Gasteiger partial charge in [-0.25, -0.2) is 0 Å². The molecule has 0 spiro atoms. The van der Waals surface area contributed by atoms with Gasteiger partial charge in [0.2, 0.25) is 0 Å². The Hall–Kier alpha value is 0.01000. The highest BCUT2D eigenvalue weighted by Gasteiger charge is 2.52. The van der Waals surface area contributed by atoms with E-state index in [-0.39, 0.29) is 13.2 Å². The van der Waals surface area contributed by atoms with Crippen LogP contribution in [0.3, 0.4) is 0 Å². The second kappa shape index (κ2) is 9.84. The molecule has 3 nitrogen and oxygen atoms in total. The molecule has 0 bridgehead atoms. The molecule has 0 aliphatic heterocycles. The minimum Gasteiger partial charge on any atom is -0.305 e. The monoisotopic (exact) mass is 300 g/mol. The second-order valence-corrected chi connectivity index (χ2v) is 6.68. The third-order valence-electron chi connectivity index (χ3n) is 2.83. The Bertz CT molecular complexity index is 263. The van der Waals surface area contributed by atoms with Crippen LogP contribution in [-0.2, 0) is 13.6 Å². The van der Waals surface area contributed by atoms with Gasteiger partial charge >= 0.3 is 13.3 Å². The van der Waals surface area contributed by atoms with Crippen molar-refractivity contribution in [3.63, 3.8) is 0 Å². The highest BCUT2D eigenvalue weighted by atomic mass is 31.2. The summed E-state index contributed by atoms with van der Waals surface area (Å²) in [6.07, 6.45) is 4.91. The molecule has 0 aliphatic rings. The third kappa shape index (κ3) is 6.82. The van der Waals surface area contributed by atoms with Crippen LogP contribution in [0.5, 0.6) is 0 Å². The van der Waals surface area contributed by atoms with Crippen LogP contribution in [-0.4, -0.2) is 18.9 Å². The molecule has 0 fully saturated rings. The van der Waals surface area contributed by atoms with E-state index in [4.69, 9.17) is 9.05 Å². The van der Waals surface area contributed by atoms with Gasteiger partial charge in [-0.15, -0.1) is 0 Å². The maximum Gasteiger partial charge on any atom is 0.399 e. The SMILES string of the molecule is CCCCCCCCC(F)(F)P(=O)(OCC)OCC. The van der Waals surface area contributed by atoms with E-state index in [0.717, 1.165) is 32.1 Å². The van der Waals surface area contributed by atoms with E-state index < -0.39 is 19.7 Å². The summed E-state index contributed by atoms with van der Waals surface area (Å²) in [5.41, 5.74) is -3.39. The molecule has 0 aliphatic carbocycles. The van der Waals surface area contributed by atoms with Crippen molar-refractivity contribution >= 4 is 7.60 Å². The first-order valence-electron chi connectivity index (χ1n) is 7.20. The summed E-state index contributed by atoms with van der Waals surface area (Å²) in [4.78, 5) is 0. The van der Waals surface area contributed by atoms with Gasteiger partial charge in [-0.2, -0.15) is 8.78 Å². The molecule has 19 heavy (non-hydrogen) atoms. The molecular weight excluding hydrogens is 273 g/mol. The summed E-state index contributed by atoms with van der Waals surface area (Å²) in [6.45, 7) is 5.10. The number of hydrogen-bond donors (Lipinski definition) is 0. The predicted octanol–water partition coefficient (Wildman–Crippen LogP) is 5.60. The zero-order valence-corrected chi connectivity index (χ0v) is 13.2. The van der Waals surface area contributed by atoms with E-state index in [1.165, 1.54) is 13.8 Å². The topological polar surface area (TPSA) is 35.5 Å². The normalized spacial score (nSPS) is 12.9. The van der Waals surface area contributed by atoms with Gasteiger partial charge in [0.1, 0.15) is 0 Å². The lowest BCUT2D eigenvalue weighted by Crippen LogP contribution is -2.20. The van der Waals surface area contributed by atoms with Gasteiger partial charge in [-0.1, -0.05) is 39.0 Å². The largest absolute Gasteiger partial charge is 0.399 e. The van der Waals surface area contributed by atoms with Crippen LogP contribution < -0.4 is 0 Å². The van der Waals surface area contributed by atoms with E-state index in [1.807, 2.05) is 0 Å². The quantitative estimate of drug-likeness (QED) is 0.348. The van der Waals surface area contributed by atoms with E-state index in [9.17, 15) is 13.3 Å². The second-order valence-electron chi connectivity index (χ2n) is 4.52. The van der Waals surface area contributed by atoms with Crippen LogP contribution in [0.4, 0.5) is 8.78 Å². The number of rotatable bonds is 12. The lowest BCUT2D eigenvalue weighted by molar-refractivity contribution is 0.0294. The van der Waals surface area contributed by atoms with E-state index in [1.54, 1.807) is 0 Å². The fourth-order valence-electron chi connectivity index (χ4n) is 1.82. The molecule has 0 unspecified atom stereocenters. The summed E-state index contributed by atoms with van der Waals surface area (Å²) in [7, 11) is -4.32. The fourth-order valence-corrected chi connectivity index (χ4v) is 3.39. The van der Waals surface area contributed by atoms with Crippen molar-refractivity contribution in [1.29, 1.82) is 0 Å². The number of hydrogen-bond acceptors (Lipinski definition) is 3. The zero-order chi connectivity index (χ0) is 14.8. The summed E-state index contributed by atoms with van der Waals surface area (Å²) in [6, 6.07) is 0. The van der Waals surface area contributed by atoms with Gasteiger partial charge in [0.15, 0.2) is 0 Å². The maximum absolute atomic E-state index is 13.9. The van der Waals surface area contributed by atoms with Crippen molar-refractivity contribution < 1.29 is 22.4 Å². The average Bonchev–Trinajstić information content (AvgIpc) is 2.34. The summed E-state index contributed by atoms with van der Waals surface area (Å²) >= 11 is 0. The highest BCUT2D eigenvalue weighted by Crippen LogP contribution is 2.63. The molecule has 6 heteroatoms. The van der Waals surface area contributed by atoms with Gasteiger partial charge in [0.25, 0.3) is 0 Å². The lowest BCUT2D eigenvalue weighted by atomic mass is 10.1. The number of unbranched alkanes of at least 4 members (excludes halogenated alkanes) is 5. The van der Waals surface area contributed by atoms with E-state index in [0.29, 0.717) is 6.42 Å². The Balaban J connectivity index is 4.21. The molecule has 0 aromatic rings. The molecule has 0 rings (SSSR count). The molecule has 0 amide bonds. The van der Waals surface area contributed by atoms with Crippen LogP contribution in [0.2, 0.25) is 0 Å². The minimum atomic E-state index is -4.32. The molecule has 0 saturated heterocycles. The Morgan fingerprint density at radius 2 is 1.37 bits per heavy atom. The Kier molecular flexibility index (Phi) is 9.85. The van der Waals surface area contributed by atoms with Crippen molar-refractivity contribution in [2.24, 2.45) is 0 Å². The molecule has 0 aromatic heterocycles. The average molecular weight is 300 g/mol. The molecule has 116 valence electrons. The van der Waals surface area contributed by atoms with E-state index in [2.05, 4.69) is 6.92 Å². The van der Waals surface area contributed by atoms with Gasteiger partial charge < -0.3 is 9.05 Å². The molecule has 0 atom stereocenters. The van der Waals surface area contributed by atoms with Gasteiger partial charge in [-0.3, -0.25) is 4.57 Å². The smallest absolute Gasteiger partial charge is 0.305 e. The highest BCUT2D eigenvalue weighted by molar-refractivity contribution is 7.55. The molecule has 0 radical (unpaired) electrons. The van der Waals surface area contributed by atoms with Gasteiger partial charge in [-0.05, 0) is 20.3 Å². The fraction of sp³-hybridized carbons (Fsp3) is 1.00. The Labute approximate surface area is 115 Å². The standard InChI is InChI=1S/C13H27F2O3P/c1-4-7-8-9-10-11-12-13(14,15)19(16,17-5-2)18-6-3/h4-12H2,1-3H3. The summed E-state index contributed by atoms with van der Waals surface area (Å²) in [5.74, 6) is 0. The Morgan fingerprint density at radius 1 is 0.895 bits per heavy atom. The minimum absolute atomic E-state index is 0.0383.